The fourth-order valence-corrected chi connectivity index (χ4v) is 3.10. The maximum Gasteiger partial charge on any atom is 0.433 e. The first-order valence-corrected chi connectivity index (χ1v) is 8.78. The molecule has 3 rings (SSSR count). The van der Waals surface area contributed by atoms with Crippen LogP contribution in [-0.2, 0) is 4.74 Å². The molecule has 2 aromatic rings. The highest BCUT2D eigenvalue weighted by atomic mass is 35.5. The van der Waals surface area contributed by atoms with Crippen LogP contribution in [-0.4, -0.2) is 43.1 Å². The lowest BCUT2D eigenvalue weighted by Crippen LogP contribution is -2.42. The van der Waals surface area contributed by atoms with Gasteiger partial charge in [-0.2, -0.15) is 18.4 Å². The van der Waals surface area contributed by atoms with E-state index in [-0.39, 0.29) is 29.4 Å². The molecule has 0 amide bonds. The van der Waals surface area contributed by atoms with Crippen LogP contribution in [0.3, 0.4) is 0 Å². The van der Waals surface area contributed by atoms with E-state index in [1.807, 2.05) is 6.07 Å². The van der Waals surface area contributed by atoms with Crippen molar-refractivity contribution in [2.75, 3.05) is 18.1 Å². The second kappa shape index (κ2) is 8.59. The predicted octanol–water partition coefficient (Wildman–Crippen LogP) is 4.19. The van der Waals surface area contributed by atoms with Crippen LogP contribution in [0.4, 0.5) is 18.9 Å². The largest absolute Gasteiger partial charge is 0.491 e. The zero-order chi connectivity index (χ0) is 21.0. The van der Waals surface area contributed by atoms with Gasteiger partial charge in [0, 0.05) is 5.69 Å². The summed E-state index contributed by atoms with van der Waals surface area (Å²) in [6.07, 6.45) is -6.38. The molecule has 1 aliphatic heterocycles. The molecule has 1 heterocycles. The van der Waals surface area contributed by atoms with Crippen molar-refractivity contribution in [3.8, 4) is 11.8 Å². The summed E-state index contributed by atoms with van der Waals surface area (Å²) in [6.45, 7) is -0.164. The van der Waals surface area contributed by atoms with Crippen molar-refractivity contribution in [2.24, 2.45) is 5.16 Å². The van der Waals surface area contributed by atoms with E-state index in [2.05, 4.69) is 5.16 Å². The molecule has 2 atom stereocenters. The summed E-state index contributed by atoms with van der Waals surface area (Å²) in [5, 5.41) is 20.4. The molecular formula is C19H15ClF3N3O3. The Labute approximate surface area is 169 Å². The minimum atomic E-state index is -4.62. The van der Waals surface area contributed by atoms with Gasteiger partial charge in [-0.1, -0.05) is 16.8 Å². The van der Waals surface area contributed by atoms with Crippen molar-refractivity contribution < 1.29 is 27.9 Å². The molecule has 1 aliphatic rings. The first kappa shape index (κ1) is 20.8. The van der Waals surface area contributed by atoms with Crippen molar-refractivity contribution in [3.63, 3.8) is 0 Å². The molecule has 1 N–H and O–H groups in total. The van der Waals surface area contributed by atoms with Crippen LogP contribution in [0.5, 0.6) is 5.75 Å². The second-order valence-electron chi connectivity index (χ2n) is 6.20. The average molecular weight is 426 g/mol. The van der Waals surface area contributed by atoms with E-state index < -0.39 is 18.5 Å². The number of oxime groups is 1. The van der Waals surface area contributed by atoms with Gasteiger partial charge in [-0.3, -0.25) is 0 Å². The summed E-state index contributed by atoms with van der Waals surface area (Å²) in [6, 6.07) is 12.4. The Hall–Kier alpha value is -2.96. The maximum absolute atomic E-state index is 13.5. The number of nitriles is 1. The van der Waals surface area contributed by atoms with E-state index in [0.29, 0.717) is 11.3 Å². The van der Waals surface area contributed by atoms with E-state index in [9.17, 15) is 13.2 Å². The van der Waals surface area contributed by atoms with E-state index in [4.69, 9.17) is 31.5 Å². The summed E-state index contributed by atoms with van der Waals surface area (Å²) in [5.41, 5.74) is 1.01. The van der Waals surface area contributed by atoms with Gasteiger partial charge in [0.25, 0.3) is 0 Å². The van der Waals surface area contributed by atoms with Crippen molar-refractivity contribution in [2.45, 2.75) is 18.5 Å². The normalized spacial score (nSPS) is 19.5. The average Bonchev–Trinajstić information content (AvgIpc) is 3.12. The van der Waals surface area contributed by atoms with Gasteiger partial charge in [0.1, 0.15) is 24.5 Å². The van der Waals surface area contributed by atoms with E-state index in [0.717, 1.165) is 4.90 Å². The van der Waals surface area contributed by atoms with E-state index >= 15 is 0 Å². The number of ether oxygens (including phenoxy) is 2. The first-order chi connectivity index (χ1) is 13.8. The molecule has 0 radical (unpaired) electrons. The summed E-state index contributed by atoms with van der Waals surface area (Å²) in [4.78, 5) is 1.04. The smallest absolute Gasteiger partial charge is 0.433 e. The molecule has 0 spiro atoms. The lowest BCUT2D eigenvalue weighted by atomic mass is 10.2. The van der Waals surface area contributed by atoms with Crippen LogP contribution in [0, 0.1) is 11.3 Å². The van der Waals surface area contributed by atoms with Crippen molar-refractivity contribution in [1.29, 1.82) is 5.26 Å². The Kier molecular flexibility index (Phi) is 6.15. The van der Waals surface area contributed by atoms with Gasteiger partial charge in [0.2, 0.25) is 6.23 Å². The molecule has 10 heteroatoms. The zero-order valence-electron chi connectivity index (χ0n) is 14.8. The number of hydrogen-bond donors (Lipinski definition) is 1. The molecule has 1 fully saturated rings. The number of anilines is 1. The quantitative estimate of drug-likeness (QED) is 0.441. The monoisotopic (exact) mass is 425 g/mol. The summed E-state index contributed by atoms with van der Waals surface area (Å²) >= 11 is 5.96. The lowest BCUT2D eigenvalue weighted by molar-refractivity contribution is -0.215. The van der Waals surface area contributed by atoms with Crippen LogP contribution < -0.4 is 9.64 Å². The third-order valence-corrected chi connectivity index (χ3v) is 4.53. The highest BCUT2D eigenvalue weighted by Crippen LogP contribution is 2.36. The molecule has 6 nitrogen and oxygen atoms in total. The van der Waals surface area contributed by atoms with Crippen molar-refractivity contribution >= 4 is 23.5 Å². The SMILES string of the molecule is N#Cc1ccc(N2C[C@@H](COc3ccc(/C=N/O)cc3)O[C@@H]2C(F)(F)F)cc1Cl. The Bertz CT molecular complexity index is 929. The highest BCUT2D eigenvalue weighted by Gasteiger charge is 2.51. The summed E-state index contributed by atoms with van der Waals surface area (Å²) < 4.78 is 51.1. The number of rotatable bonds is 5. The lowest BCUT2D eigenvalue weighted by Gasteiger charge is -2.26. The van der Waals surface area contributed by atoms with Crippen LogP contribution in [0.1, 0.15) is 11.1 Å². The molecule has 29 heavy (non-hydrogen) atoms. The first-order valence-electron chi connectivity index (χ1n) is 8.40. The van der Waals surface area contributed by atoms with Gasteiger partial charge in [-0.15, -0.1) is 0 Å². The fourth-order valence-electron chi connectivity index (χ4n) is 2.88. The van der Waals surface area contributed by atoms with Gasteiger partial charge in [0.15, 0.2) is 0 Å². The molecule has 1 saturated heterocycles. The van der Waals surface area contributed by atoms with Gasteiger partial charge in [0.05, 0.1) is 23.3 Å². The zero-order valence-corrected chi connectivity index (χ0v) is 15.6. The molecule has 0 aliphatic carbocycles. The minimum Gasteiger partial charge on any atom is -0.491 e. The molecular weight excluding hydrogens is 411 g/mol. The molecule has 152 valence electrons. The Balaban J connectivity index is 1.72. The topological polar surface area (TPSA) is 78.1 Å². The van der Waals surface area contributed by atoms with Crippen LogP contribution in [0.2, 0.25) is 5.02 Å². The van der Waals surface area contributed by atoms with Crippen LogP contribution in [0.15, 0.2) is 47.6 Å². The summed E-state index contributed by atoms with van der Waals surface area (Å²) in [5.74, 6) is 0.437. The van der Waals surface area contributed by atoms with Crippen LogP contribution >= 0.6 is 11.6 Å². The molecule has 2 aromatic carbocycles. The summed E-state index contributed by atoms with van der Waals surface area (Å²) in [7, 11) is 0. The van der Waals surface area contributed by atoms with Gasteiger partial charge < -0.3 is 19.6 Å². The minimum absolute atomic E-state index is 0.0668. The van der Waals surface area contributed by atoms with Crippen LogP contribution in [0.25, 0.3) is 0 Å². The van der Waals surface area contributed by atoms with Crippen molar-refractivity contribution in [3.05, 3.63) is 58.6 Å². The highest BCUT2D eigenvalue weighted by molar-refractivity contribution is 6.32. The van der Waals surface area contributed by atoms with E-state index in [1.54, 1.807) is 24.3 Å². The van der Waals surface area contributed by atoms with E-state index in [1.165, 1.54) is 24.4 Å². The molecule has 0 saturated carbocycles. The Morgan fingerprint density at radius 2 is 2.03 bits per heavy atom. The van der Waals surface area contributed by atoms with Gasteiger partial charge in [-0.25, -0.2) is 0 Å². The second-order valence-corrected chi connectivity index (χ2v) is 6.61. The van der Waals surface area contributed by atoms with Gasteiger partial charge in [-0.05, 0) is 48.0 Å². The molecule has 0 bridgehead atoms. The number of hydrogen-bond acceptors (Lipinski definition) is 6. The fraction of sp³-hybridized carbons (Fsp3) is 0.263. The standard InChI is InChI=1S/C19H15ClF3N3O3/c20-17-7-14(4-3-13(17)8-24)26-10-16(29-18(26)19(21,22)23)11-28-15-5-1-12(2-6-15)9-25-27/h1-7,9,16,18,27H,10-11H2/b25-9+/t16-,18+/m0/s1. The Morgan fingerprint density at radius 3 is 2.62 bits per heavy atom. The number of nitrogens with zero attached hydrogens (tertiary/aromatic N) is 3. The maximum atomic E-state index is 13.5. The Morgan fingerprint density at radius 1 is 1.31 bits per heavy atom. The third kappa shape index (κ3) is 4.91. The molecule has 0 aromatic heterocycles. The number of halogens is 4. The van der Waals surface area contributed by atoms with Crippen molar-refractivity contribution in [1.82, 2.24) is 0 Å². The number of benzene rings is 2. The number of alkyl halides is 3. The van der Waals surface area contributed by atoms with Gasteiger partial charge >= 0.3 is 6.18 Å². The predicted molar refractivity (Wildman–Crippen MR) is 99.5 cm³/mol. The third-order valence-electron chi connectivity index (χ3n) is 4.21. The molecule has 0 unspecified atom stereocenters.